The minimum absolute atomic E-state index is 0.402. The van der Waals surface area contributed by atoms with Gasteiger partial charge in [0.2, 0.25) is 5.91 Å². The van der Waals surface area contributed by atoms with E-state index >= 15 is 0 Å². The van der Waals surface area contributed by atoms with Gasteiger partial charge in [0.25, 0.3) is 0 Å². The van der Waals surface area contributed by atoms with Gasteiger partial charge in [-0.3, -0.25) is 9.59 Å². The van der Waals surface area contributed by atoms with Gasteiger partial charge < -0.3 is 20.5 Å². The number of hydrogen-bond acceptors (Lipinski definition) is 4. The molecule has 1 aliphatic heterocycles. The molecule has 1 aliphatic rings. The standard InChI is InChI=1S/C9H14N2O4/c10-7(4-8(13)14)9(15)11-3-1-2-6(11)5-12/h5-7H,1-4,10H2,(H,13,14)/t6-,7-/m0/s1. The number of rotatable bonds is 4. The van der Waals surface area contributed by atoms with Gasteiger partial charge >= 0.3 is 5.97 Å². The lowest BCUT2D eigenvalue weighted by Crippen LogP contribution is -2.47. The van der Waals surface area contributed by atoms with Crippen LogP contribution in [0.4, 0.5) is 0 Å². The molecule has 1 rings (SSSR count). The number of likely N-dealkylation sites (tertiary alicyclic amines) is 1. The van der Waals surface area contributed by atoms with E-state index in [4.69, 9.17) is 10.8 Å². The fraction of sp³-hybridized carbons (Fsp3) is 0.667. The van der Waals surface area contributed by atoms with Crippen molar-refractivity contribution in [1.29, 1.82) is 0 Å². The summed E-state index contributed by atoms with van der Waals surface area (Å²) in [6, 6.07) is -1.49. The van der Waals surface area contributed by atoms with E-state index in [1.54, 1.807) is 0 Å². The summed E-state index contributed by atoms with van der Waals surface area (Å²) in [6.45, 7) is 0.482. The summed E-state index contributed by atoms with van der Waals surface area (Å²) >= 11 is 0. The molecule has 1 heterocycles. The molecule has 0 aliphatic carbocycles. The normalized spacial score (nSPS) is 22.5. The first kappa shape index (κ1) is 11.6. The van der Waals surface area contributed by atoms with Crippen molar-refractivity contribution in [2.45, 2.75) is 31.3 Å². The van der Waals surface area contributed by atoms with Gasteiger partial charge in [0.1, 0.15) is 6.29 Å². The summed E-state index contributed by atoms with van der Waals surface area (Å²) in [5.41, 5.74) is 5.43. The van der Waals surface area contributed by atoms with E-state index in [-0.39, 0.29) is 0 Å². The minimum Gasteiger partial charge on any atom is -0.481 e. The summed E-state index contributed by atoms with van der Waals surface area (Å²) in [6.07, 6.45) is 1.70. The van der Waals surface area contributed by atoms with Crippen LogP contribution in [0.15, 0.2) is 0 Å². The van der Waals surface area contributed by atoms with Crippen LogP contribution in [-0.2, 0) is 14.4 Å². The van der Waals surface area contributed by atoms with Crippen LogP contribution in [0.2, 0.25) is 0 Å². The molecule has 1 amide bonds. The highest BCUT2D eigenvalue weighted by atomic mass is 16.4. The third-order valence-corrected chi connectivity index (χ3v) is 2.45. The second-order valence-electron chi connectivity index (χ2n) is 3.58. The molecule has 0 aromatic heterocycles. The molecule has 84 valence electrons. The highest BCUT2D eigenvalue weighted by Gasteiger charge is 2.31. The van der Waals surface area contributed by atoms with E-state index in [9.17, 15) is 14.4 Å². The monoisotopic (exact) mass is 214 g/mol. The first-order valence-electron chi connectivity index (χ1n) is 4.79. The molecular formula is C9H14N2O4. The van der Waals surface area contributed by atoms with Gasteiger partial charge in [-0.2, -0.15) is 0 Å². The van der Waals surface area contributed by atoms with Crippen molar-refractivity contribution in [3.63, 3.8) is 0 Å². The number of carboxylic acids is 1. The first-order valence-corrected chi connectivity index (χ1v) is 4.79. The molecule has 0 bridgehead atoms. The van der Waals surface area contributed by atoms with Crippen LogP contribution in [0.25, 0.3) is 0 Å². The van der Waals surface area contributed by atoms with E-state index in [1.165, 1.54) is 4.90 Å². The van der Waals surface area contributed by atoms with E-state index in [0.29, 0.717) is 19.3 Å². The second kappa shape index (κ2) is 4.88. The Morgan fingerprint density at radius 2 is 2.27 bits per heavy atom. The Bertz CT molecular complexity index is 279. The van der Waals surface area contributed by atoms with Crippen molar-refractivity contribution < 1.29 is 19.5 Å². The van der Waals surface area contributed by atoms with Crippen molar-refractivity contribution in [3.8, 4) is 0 Å². The second-order valence-corrected chi connectivity index (χ2v) is 3.58. The van der Waals surface area contributed by atoms with Crippen molar-refractivity contribution >= 4 is 18.2 Å². The van der Waals surface area contributed by atoms with Crippen molar-refractivity contribution in [2.75, 3.05) is 6.54 Å². The van der Waals surface area contributed by atoms with E-state index in [1.807, 2.05) is 0 Å². The summed E-state index contributed by atoms with van der Waals surface area (Å²) < 4.78 is 0. The van der Waals surface area contributed by atoms with Crippen molar-refractivity contribution in [2.24, 2.45) is 5.73 Å². The maximum absolute atomic E-state index is 11.6. The number of aliphatic carboxylic acids is 1. The quantitative estimate of drug-likeness (QED) is 0.583. The number of hydrogen-bond donors (Lipinski definition) is 2. The predicted octanol–water partition coefficient (Wildman–Crippen LogP) is -1.02. The average molecular weight is 214 g/mol. The summed E-state index contributed by atoms with van der Waals surface area (Å²) in [4.78, 5) is 34.0. The number of aldehydes is 1. The Morgan fingerprint density at radius 1 is 1.60 bits per heavy atom. The van der Waals surface area contributed by atoms with E-state index < -0.39 is 30.4 Å². The SMILES string of the molecule is N[C@@H](CC(=O)O)C(=O)N1CCC[C@H]1C=O. The summed E-state index contributed by atoms with van der Waals surface area (Å²) in [5.74, 6) is -1.57. The zero-order chi connectivity index (χ0) is 11.4. The van der Waals surface area contributed by atoms with Crippen LogP contribution in [0, 0.1) is 0 Å². The molecule has 0 unspecified atom stereocenters. The molecule has 2 atom stereocenters. The molecule has 0 saturated carbocycles. The molecule has 6 nitrogen and oxygen atoms in total. The van der Waals surface area contributed by atoms with Gasteiger partial charge in [0.05, 0.1) is 18.5 Å². The lowest BCUT2D eigenvalue weighted by Gasteiger charge is -2.23. The minimum atomic E-state index is -1.11. The number of nitrogens with two attached hydrogens (primary N) is 1. The molecule has 1 saturated heterocycles. The number of nitrogens with zero attached hydrogens (tertiary/aromatic N) is 1. The predicted molar refractivity (Wildman–Crippen MR) is 51.0 cm³/mol. The molecule has 6 heteroatoms. The van der Waals surface area contributed by atoms with Crippen LogP contribution < -0.4 is 5.73 Å². The summed E-state index contributed by atoms with van der Waals surface area (Å²) in [7, 11) is 0. The molecule has 1 fully saturated rings. The van der Waals surface area contributed by atoms with Gasteiger partial charge in [-0.1, -0.05) is 0 Å². The Balaban J connectivity index is 2.58. The van der Waals surface area contributed by atoms with Gasteiger partial charge in [-0.05, 0) is 12.8 Å². The van der Waals surface area contributed by atoms with Gasteiger partial charge in [-0.15, -0.1) is 0 Å². The van der Waals surface area contributed by atoms with Gasteiger partial charge in [0, 0.05) is 6.54 Å². The zero-order valence-corrected chi connectivity index (χ0v) is 8.26. The third-order valence-electron chi connectivity index (χ3n) is 2.45. The lowest BCUT2D eigenvalue weighted by molar-refractivity contribution is -0.142. The smallest absolute Gasteiger partial charge is 0.305 e. The molecular weight excluding hydrogens is 200 g/mol. The Labute approximate surface area is 87.0 Å². The molecule has 0 spiro atoms. The third kappa shape index (κ3) is 2.76. The maximum Gasteiger partial charge on any atom is 0.305 e. The topological polar surface area (TPSA) is 101 Å². The number of carbonyl (C=O) groups excluding carboxylic acids is 2. The highest BCUT2D eigenvalue weighted by Crippen LogP contribution is 2.16. The van der Waals surface area contributed by atoms with Crippen LogP contribution in [0.5, 0.6) is 0 Å². The first-order chi connectivity index (χ1) is 7.06. The number of carbonyl (C=O) groups is 3. The molecule has 0 radical (unpaired) electrons. The summed E-state index contributed by atoms with van der Waals surface area (Å²) in [5, 5.41) is 8.48. The molecule has 0 aromatic carbocycles. The fourth-order valence-corrected chi connectivity index (χ4v) is 1.70. The Hall–Kier alpha value is -1.43. The van der Waals surface area contributed by atoms with Gasteiger partial charge in [0.15, 0.2) is 0 Å². The van der Waals surface area contributed by atoms with Crippen LogP contribution in [0.1, 0.15) is 19.3 Å². The Kier molecular flexibility index (Phi) is 3.79. The fourth-order valence-electron chi connectivity index (χ4n) is 1.70. The molecule has 15 heavy (non-hydrogen) atoms. The van der Waals surface area contributed by atoms with Crippen molar-refractivity contribution in [3.05, 3.63) is 0 Å². The van der Waals surface area contributed by atoms with Crippen LogP contribution in [0.3, 0.4) is 0 Å². The van der Waals surface area contributed by atoms with Crippen LogP contribution in [-0.4, -0.2) is 46.8 Å². The van der Waals surface area contributed by atoms with Crippen LogP contribution >= 0.6 is 0 Å². The molecule has 0 aromatic rings. The lowest BCUT2D eigenvalue weighted by atomic mass is 10.2. The van der Waals surface area contributed by atoms with Crippen molar-refractivity contribution in [1.82, 2.24) is 4.90 Å². The average Bonchev–Trinajstić information content (AvgIpc) is 2.62. The molecule has 3 N–H and O–H groups in total. The van der Waals surface area contributed by atoms with Gasteiger partial charge in [-0.25, -0.2) is 0 Å². The van der Waals surface area contributed by atoms with E-state index in [0.717, 1.165) is 6.42 Å². The maximum atomic E-state index is 11.6. The van der Waals surface area contributed by atoms with E-state index in [2.05, 4.69) is 0 Å². The Morgan fingerprint density at radius 3 is 2.80 bits per heavy atom. The highest BCUT2D eigenvalue weighted by molar-refractivity contribution is 5.88. The largest absolute Gasteiger partial charge is 0.481 e. The zero-order valence-electron chi connectivity index (χ0n) is 8.26. The number of carboxylic acid groups (broad SMARTS) is 1. The number of amides is 1.